The largest absolute Gasteiger partial charge is 0.376 e. The molecular formula is C14H21FN2O. The van der Waals surface area contributed by atoms with Gasteiger partial charge >= 0.3 is 0 Å². The summed E-state index contributed by atoms with van der Waals surface area (Å²) < 4.78 is 18.8. The van der Waals surface area contributed by atoms with Crippen LogP contribution in [-0.2, 0) is 4.74 Å². The monoisotopic (exact) mass is 252 g/mol. The number of morpholine rings is 1. The van der Waals surface area contributed by atoms with E-state index in [1.165, 1.54) is 6.07 Å². The molecule has 18 heavy (non-hydrogen) atoms. The lowest BCUT2D eigenvalue weighted by Gasteiger charge is -2.27. The van der Waals surface area contributed by atoms with Gasteiger partial charge in [0.1, 0.15) is 5.82 Å². The highest BCUT2D eigenvalue weighted by molar-refractivity contribution is 5.48. The smallest absolute Gasteiger partial charge is 0.126 e. The zero-order valence-corrected chi connectivity index (χ0v) is 11.1. The van der Waals surface area contributed by atoms with E-state index in [1.807, 2.05) is 19.2 Å². The molecule has 1 aliphatic rings. The average molecular weight is 252 g/mol. The molecule has 0 aromatic heterocycles. The number of nitrogens with zero attached hydrogens (tertiary/aromatic N) is 1. The Bertz CT molecular complexity index is 391. The van der Waals surface area contributed by atoms with E-state index < -0.39 is 0 Å². The van der Waals surface area contributed by atoms with Gasteiger partial charge in [-0.3, -0.25) is 0 Å². The van der Waals surface area contributed by atoms with Gasteiger partial charge in [-0.15, -0.1) is 0 Å². The molecule has 0 saturated carbocycles. The number of hydrogen-bond acceptors (Lipinski definition) is 3. The summed E-state index contributed by atoms with van der Waals surface area (Å²) in [5, 5.41) is 3.32. The number of anilines is 1. The van der Waals surface area contributed by atoms with E-state index in [1.54, 1.807) is 6.92 Å². The average Bonchev–Trinajstić information content (AvgIpc) is 2.40. The second-order valence-corrected chi connectivity index (χ2v) is 4.84. The van der Waals surface area contributed by atoms with Crippen LogP contribution in [0.5, 0.6) is 0 Å². The highest BCUT2D eigenvalue weighted by Gasteiger charge is 2.14. The van der Waals surface area contributed by atoms with Crippen molar-refractivity contribution in [3.8, 4) is 0 Å². The first-order chi connectivity index (χ1) is 8.66. The third-order valence-corrected chi connectivity index (χ3v) is 3.37. The molecule has 1 aromatic carbocycles. The zero-order valence-electron chi connectivity index (χ0n) is 11.1. The first kappa shape index (κ1) is 13.3. The molecule has 1 heterocycles. The van der Waals surface area contributed by atoms with Gasteiger partial charge in [-0.25, -0.2) is 4.39 Å². The predicted octanol–water partition coefficient (Wildman–Crippen LogP) is 1.95. The topological polar surface area (TPSA) is 24.5 Å². The number of benzene rings is 1. The van der Waals surface area contributed by atoms with Crippen molar-refractivity contribution < 1.29 is 9.13 Å². The van der Waals surface area contributed by atoms with Crippen molar-refractivity contribution in [1.82, 2.24) is 5.32 Å². The van der Waals surface area contributed by atoms with Crippen LogP contribution in [0.15, 0.2) is 18.2 Å². The van der Waals surface area contributed by atoms with E-state index in [0.717, 1.165) is 38.3 Å². The summed E-state index contributed by atoms with van der Waals surface area (Å²) >= 11 is 0. The van der Waals surface area contributed by atoms with Crippen LogP contribution < -0.4 is 10.2 Å². The van der Waals surface area contributed by atoms with Gasteiger partial charge in [0.2, 0.25) is 0 Å². The van der Waals surface area contributed by atoms with Gasteiger partial charge < -0.3 is 15.0 Å². The molecule has 1 atom stereocenters. The number of rotatable bonds is 4. The third kappa shape index (κ3) is 3.43. The van der Waals surface area contributed by atoms with Crippen molar-refractivity contribution in [2.24, 2.45) is 0 Å². The van der Waals surface area contributed by atoms with Crippen LogP contribution in [0.1, 0.15) is 12.0 Å². The lowest BCUT2D eigenvalue weighted by atomic mass is 10.1. The molecule has 0 radical (unpaired) electrons. The maximum Gasteiger partial charge on any atom is 0.126 e. The second-order valence-electron chi connectivity index (χ2n) is 4.84. The Balaban J connectivity index is 1.86. The first-order valence-corrected chi connectivity index (χ1v) is 6.46. The molecule has 1 N–H and O–H groups in total. The minimum Gasteiger partial charge on any atom is -0.376 e. The molecule has 1 unspecified atom stereocenters. The Kier molecular flexibility index (Phi) is 4.55. The fourth-order valence-corrected chi connectivity index (χ4v) is 2.14. The van der Waals surface area contributed by atoms with Gasteiger partial charge in [-0.1, -0.05) is 0 Å². The van der Waals surface area contributed by atoms with E-state index in [2.05, 4.69) is 10.2 Å². The molecule has 0 spiro atoms. The van der Waals surface area contributed by atoms with Crippen LogP contribution in [0.4, 0.5) is 10.1 Å². The molecule has 1 saturated heterocycles. The summed E-state index contributed by atoms with van der Waals surface area (Å²) in [6, 6.07) is 5.23. The Morgan fingerprint density at radius 3 is 3.00 bits per heavy atom. The molecule has 1 aromatic rings. The first-order valence-electron chi connectivity index (χ1n) is 6.46. The van der Waals surface area contributed by atoms with E-state index in [0.29, 0.717) is 11.7 Å². The third-order valence-electron chi connectivity index (χ3n) is 3.37. The van der Waals surface area contributed by atoms with E-state index in [9.17, 15) is 4.39 Å². The van der Waals surface area contributed by atoms with Gasteiger partial charge in [0.05, 0.1) is 12.7 Å². The summed E-state index contributed by atoms with van der Waals surface area (Å²) in [5.74, 6) is -0.146. The van der Waals surface area contributed by atoms with Crippen LogP contribution >= 0.6 is 0 Å². The Labute approximate surface area is 108 Å². The predicted molar refractivity (Wildman–Crippen MR) is 71.6 cm³/mol. The van der Waals surface area contributed by atoms with Gasteiger partial charge in [0.15, 0.2) is 0 Å². The maximum atomic E-state index is 13.2. The van der Waals surface area contributed by atoms with Crippen LogP contribution in [0.25, 0.3) is 0 Å². The number of halogens is 1. The molecule has 0 bridgehead atoms. The summed E-state index contributed by atoms with van der Waals surface area (Å²) in [6.45, 7) is 5.38. The summed E-state index contributed by atoms with van der Waals surface area (Å²) in [5.41, 5.74) is 1.74. The van der Waals surface area contributed by atoms with Crippen LogP contribution in [0.2, 0.25) is 0 Å². The standard InChI is InChI=1S/C14H21FN2O/c1-11-9-12(3-4-14(11)15)17(2)7-5-13-10-16-6-8-18-13/h3-4,9,13,16H,5-8,10H2,1-2H3. The molecular weight excluding hydrogens is 231 g/mol. The highest BCUT2D eigenvalue weighted by Crippen LogP contribution is 2.17. The number of aryl methyl sites for hydroxylation is 1. The Morgan fingerprint density at radius 2 is 2.33 bits per heavy atom. The molecule has 4 heteroatoms. The highest BCUT2D eigenvalue weighted by atomic mass is 19.1. The summed E-state index contributed by atoms with van der Waals surface area (Å²) in [6.07, 6.45) is 1.28. The molecule has 1 aliphatic heterocycles. The molecule has 0 aliphatic carbocycles. The van der Waals surface area contributed by atoms with Gasteiger partial charge in [0.25, 0.3) is 0 Å². The molecule has 2 rings (SSSR count). The van der Waals surface area contributed by atoms with E-state index in [4.69, 9.17) is 4.74 Å². The minimum atomic E-state index is -0.146. The Morgan fingerprint density at radius 1 is 1.50 bits per heavy atom. The van der Waals surface area contributed by atoms with Crippen LogP contribution in [-0.4, -0.2) is 39.4 Å². The number of hydrogen-bond donors (Lipinski definition) is 1. The summed E-state index contributed by atoms with van der Waals surface area (Å²) in [4.78, 5) is 2.14. The van der Waals surface area contributed by atoms with E-state index >= 15 is 0 Å². The van der Waals surface area contributed by atoms with Crippen molar-refractivity contribution in [2.45, 2.75) is 19.4 Å². The fourth-order valence-electron chi connectivity index (χ4n) is 2.14. The minimum absolute atomic E-state index is 0.146. The van der Waals surface area contributed by atoms with Crippen molar-refractivity contribution in [1.29, 1.82) is 0 Å². The zero-order chi connectivity index (χ0) is 13.0. The fraction of sp³-hybridized carbons (Fsp3) is 0.571. The van der Waals surface area contributed by atoms with Gasteiger partial charge in [0, 0.05) is 32.4 Å². The SMILES string of the molecule is Cc1cc(N(C)CCC2CNCCO2)ccc1F. The van der Waals surface area contributed by atoms with Crippen molar-refractivity contribution in [3.63, 3.8) is 0 Å². The van der Waals surface area contributed by atoms with Gasteiger partial charge in [-0.2, -0.15) is 0 Å². The summed E-state index contributed by atoms with van der Waals surface area (Å²) in [7, 11) is 2.03. The molecule has 3 nitrogen and oxygen atoms in total. The van der Waals surface area contributed by atoms with Crippen molar-refractivity contribution in [2.75, 3.05) is 38.2 Å². The van der Waals surface area contributed by atoms with Crippen LogP contribution in [0.3, 0.4) is 0 Å². The lowest BCUT2D eigenvalue weighted by Crippen LogP contribution is -2.40. The van der Waals surface area contributed by atoms with Gasteiger partial charge in [-0.05, 0) is 37.1 Å². The van der Waals surface area contributed by atoms with Crippen molar-refractivity contribution in [3.05, 3.63) is 29.6 Å². The van der Waals surface area contributed by atoms with Crippen molar-refractivity contribution >= 4 is 5.69 Å². The molecule has 100 valence electrons. The normalized spacial score (nSPS) is 19.8. The number of nitrogens with one attached hydrogen (secondary N) is 1. The van der Waals surface area contributed by atoms with Crippen LogP contribution in [0, 0.1) is 12.7 Å². The lowest BCUT2D eigenvalue weighted by molar-refractivity contribution is 0.0250. The maximum absolute atomic E-state index is 13.2. The van der Waals surface area contributed by atoms with E-state index in [-0.39, 0.29) is 5.82 Å². The Hall–Kier alpha value is -1.13. The molecule has 1 fully saturated rings. The number of ether oxygens (including phenoxy) is 1. The quantitative estimate of drug-likeness (QED) is 0.886. The molecule has 0 amide bonds. The second kappa shape index (κ2) is 6.16.